The quantitative estimate of drug-likeness (QED) is 0.475. The van der Waals surface area contributed by atoms with Gasteiger partial charge in [-0.2, -0.15) is 0 Å². The van der Waals surface area contributed by atoms with Crippen molar-refractivity contribution in [2.45, 2.75) is 37.6 Å². The molecule has 1 saturated heterocycles. The Morgan fingerprint density at radius 2 is 1.75 bits per heavy atom. The molecule has 0 radical (unpaired) electrons. The Bertz CT molecular complexity index is 799. The van der Waals surface area contributed by atoms with Gasteiger partial charge in [-0.1, -0.05) is 0 Å². The fourth-order valence-corrected chi connectivity index (χ4v) is 2.68. The lowest BCUT2D eigenvalue weighted by Gasteiger charge is -2.39. The molecule has 0 spiro atoms. The standard InChI is InChI=1S/C19H20O9/c1-10(20)11-4-6-12(7-5-11)27-19-17(23)16(22)15(21)14(28-19)9-26-18(24)13-3-2-8-25-13/h2-8,14-17,19,21-23H,9H2,1H3/t14-,15-,16+,17-,19-/m1/s1. The first-order chi connectivity index (χ1) is 13.4. The van der Waals surface area contributed by atoms with Crippen molar-refractivity contribution in [3.63, 3.8) is 0 Å². The molecule has 5 atom stereocenters. The van der Waals surface area contributed by atoms with E-state index in [-0.39, 0.29) is 17.3 Å². The Kier molecular flexibility index (Phi) is 6.10. The Morgan fingerprint density at radius 1 is 1.04 bits per heavy atom. The molecule has 28 heavy (non-hydrogen) atoms. The molecule has 9 nitrogen and oxygen atoms in total. The maximum Gasteiger partial charge on any atom is 0.374 e. The van der Waals surface area contributed by atoms with Crippen LogP contribution in [-0.2, 0) is 9.47 Å². The Morgan fingerprint density at radius 3 is 2.36 bits per heavy atom. The van der Waals surface area contributed by atoms with Gasteiger partial charge in [0.15, 0.2) is 5.78 Å². The number of aliphatic hydroxyl groups excluding tert-OH is 3. The van der Waals surface area contributed by atoms with Crippen LogP contribution in [0.15, 0.2) is 47.1 Å². The number of ketones is 1. The van der Waals surface area contributed by atoms with Gasteiger partial charge in [0.1, 0.15) is 36.8 Å². The lowest BCUT2D eigenvalue weighted by Crippen LogP contribution is -2.60. The fraction of sp³-hybridized carbons (Fsp3) is 0.368. The number of rotatable bonds is 6. The molecule has 3 N–H and O–H groups in total. The van der Waals surface area contributed by atoms with Crippen LogP contribution in [0.3, 0.4) is 0 Å². The number of carbonyl (C=O) groups is 2. The van der Waals surface area contributed by atoms with E-state index in [9.17, 15) is 24.9 Å². The van der Waals surface area contributed by atoms with Gasteiger partial charge < -0.3 is 33.9 Å². The summed E-state index contributed by atoms with van der Waals surface area (Å²) in [6.45, 7) is 1.03. The van der Waals surface area contributed by atoms with E-state index in [2.05, 4.69) is 0 Å². The SMILES string of the molecule is CC(=O)c1ccc(O[C@@H]2O[C@H](COC(=O)c3ccco3)[C@@H](O)[C@H](O)[C@H]2O)cc1. The molecule has 0 saturated carbocycles. The van der Waals surface area contributed by atoms with Crippen LogP contribution < -0.4 is 4.74 Å². The number of Topliss-reactive ketones (excluding diaryl/α,β-unsaturated/α-hetero) is 1. The first kappa shape index (κ1) is 20.0. The van der Waals surface area contributed by atoms with Gasteiger partial charge in [-0.3, -0.25) is 4.79 Å². The maximum atomic E-state index is 11.8. The van der Waals surface area contributed by atoms with Crippen molar-refractivity contribution in [3.8, 4) is 5.75 Å². The molecule has 2 aromatic rings. The summed E-state index contributed by atoms with van der Waals surface area (Å²) in [6, 6.07) is 9.04. The second-order valence-corrected chi connectivity index (χ2v) is 6.29. The van der Waals surface area contributed by atoms with Gasteiger partial charge in [0, 0.05) is 5.56 Å². The Hall–Kier alpha value is -2.72. The molecule has 1 aliphatic rings. The zero-order valence-electron chi connectivity index (χ0n) is 14.9. The summed E-state index contributed by atoms with van der Waals surface area (Å²) >= 11 is 0. The molecule has 1 aromatic carbocycles. The number of benzene rings is 1. The predicted molar refractivity (Wildman–Crippen MR) is 92.7 cm³/mol. The molecule has 1 fully saturated rings. The third kappa shape index (κ3) is 4.39. The van der Waals surface area contributed by atoms with Crippen LogP contribution in [0.2, 0.25) is 0 Å². The predicted octanol–water partition coefficient (Wildman–Crippen LogP) is 0.526. The molecule has 1 aromatic heterocycles. The lowest BCUT2D eigenvalue weighted by molar-refractivity contribution is -0.277. The van der Waals surface area contributed by atoms with Gasteiger partial charge in [0.05, 0.1) is 6.26 Å². The van der Waals surface area contributed by atoms with E-state index in [1.165, 1.54) is 37.5 Å². The number of ether oxygens (including phenoxy) is 3. The summed E-state index contributed by atoms with van der Waals surface area (Å²) in [5.41, 5.74) is 0.482. The first-order valence-electron chi connectivity index (χ1n) is 8.54. The minimum absolute atomic E-state index is 0.0238. The van der Waals surface area contributed by atoms with Crippen LogP contribution in [0.4, 0.5) is 0 Å². The van der Waals surface area contributed by atoms with Crippen LogP contribution in [0, 0.1) is 0 Å². The number of aliphatic hydroxyl groups is 3. The van der Waals surface area contributed by atoms with Crippen LogP contribution in [0.25, 0.3) is 0 Å². The maximum absolute atomic E-state index is 11.8. The third-order valence-electron chi connectivity index (χ3n) is 4.28. The topological polar surface area (TPSA) is 136 Å². The van der Waals surface area contributed by atoms with E-state index < -0.39 is 43.3 Å². The van der Waals surface area contributed by atoms with Crippen molar-refractivity contribution in [1.82, 2.24) is 0 Å². The molecular weight excluding hydrogens is 372 g/mol. The molecule has 1 aliphatic heterocycles. The third-order valence-corrected chi connectivity index (χ3v) is 4.28. The number of carbonyl (C=O) groups excluding carboxylic acids is 2. The molecule has 150 valence electrons. The smallest absolute Gasteiger partial charge is 0.374 e. The summed E-state index contributed by atoms with van der Waals surface area (Å²) < 4.78 is 20.9. The monoisotopic (exact) mass is 392 g/mol. The Balaban J connectivity index is 1.64. The average Bonchev–Trinajstić information content (AvgIpc) is 3.22. The van der Waals surface area contributed by atoms with E-state index in [0.717, 1.165) is 0 Å². The highest BCUT2D eigenvalue weighted by Crippen LogP contribution is 2.25. The summed E-state index contributed by atoms with van der Waals surface area (Å²) in [4.78, 5) is 23.2. The normalized spacial score (nSPS) is 27.2. The largest absolute Gasteiger partial charge is 0.462 e. The van der Waals surface area contributed by atoms with Crippen LogP contribution in [0.5, 0.6) is 5.75 Å². The highest BCUT2D eigenvalue weighted by atomic mass is 16.7. The fourth-order valence-electron chi connectivity index (χ4n) is 2.68. The van der Waals surface area contributed by atoms with Gasteiger partial charge in [0.2, 0.25) is 12.1 Å². The lowest BCUT2D eigenvalue weighted by atomic mass is 9.99. The number of esters is 1. The van der Waals surface area contributed by atoms with Gasteiger partial charge >= 0.3 is 5.97 Å². The van der Waals surface area contributed by atoms with Gasteiger partial charge in [-0.15, -0.1) is 0 Å². The van der Waals surface area contributed by atoms with Gasteiger partial charge in [-0.05, 0) is 43.3 Å². The summed E-state index contributed by atoms with van der Waals surface area (Å²) in [5.74, 6) is -0.621. The summed E-state index contributed by atoms with van der Waals surface area (Å²) in [5, 5.41) is 30.3. The summed E-state index contributed by atoms with van der Waals surface area (Å²) in [6.07, 6.45) is -5.78. The van der Waals surface area contributed by atoms with E-state index in [1.807, 2.05) is 0 Å². The zero-order valence-corrected chi connectivity index (χ0v) is 14.9. The molecule has 0 aliphatic carbocycles. The highest BCUT2D eigenvalue weighted by Gasteiger charge is 2.45. The molecule has 0 unspecified atom stereocenters. The van der Waals surface area contributed by atoms with Crippen molar-refractivity contribution in [1.29, 1.82) is 0 Å². The van der Waals surface area contributed by atoms with Crippen LogP contribution in [0.1, 0.15) is 27.8 Å². The van der Waals surface area contributed by atoms with Crippen molar-refractivity contribution in [2.24, 2.45) is 0 Å². The van der Waals surface area contributed by atoms with Gasteiger partial charge in [-0.25, -0.2) is 4.79 Å². The van der Waals surface area contributed by atoms with Crippen molar-refractivity contribution in [3.05, 3.63) is 54.0 Å². The molecule has 3 rings (SSSR count). The minimum atomic E-state index is -1.58. The minimum Gasteiger partial charge on any atom is -0.462 e. The molecular formula is C19H20O9. The van der Waals surface area contributed by atoms with E-state index in [1.54, 1.807) is 12.1 Å². The molecule has 0 bridgehead atoms. The van der Waals surface area contributed by atoms with Crippen molar-refractivity contribution >= 4 is 11.8 Å². The second kappa shape index (κ2) is 8.53. The average molecular weight is 392 g/mol. The Labute approximate surface area is 160 Å². The molecule has 2 heterocycles. The van der Waals surface area contributed by atoms with Crippen LogP contribution in [-0.4, -0.2) is 64.4 Å². The highest BCUT2D eigenvalue weighted by molar-refractivity contribution is 5.94. The van der Waals surface area contributed by atoms with Gasteiger partial charge in [0.25, 0.3) is 0 Å². The van der Waals surface area contributed by atoms with E-state index in [0.29, 0.717) is 5.56 Å². The molecule has 9 heteroatoms. The molecule has 0 amide bonds. The van der Waals surface area contributed by atoms with E-state index in [4.69, 9.17) is 18.6 Å². The number of furan rings is 1. The number of hydrogen-bond acceptors (Lipinski definition) is 9. The number of hydrogen-bond donors (Lipinski definition) is 3. The van der Waals surface area contributed by atoms with E-state index >= 15 is 0 Å². The van der Waals surface area contributed by atoms with Crippen LogP contribution >= 0.6 is 0 Å². The first-order valence-corrected chi connectivity index (χ1v) is 8.54. The zero-order chi connectivity index (χ0) is 20.3. The summed E-state index contributed by atoms with van der Waals surface area (Å²) in [7, 11) is 0. The second-order valence-electron chi connectivity index (χ2n) is 6.29. The van der Waals surface area contributed by atoms with Crippen molar-refractivity contribution < 1.29 is 43.5 Å². The van der Waals surface area contributed by atoms with Crippen molar-refractivity contribution in [2.75, 3.05) is 6.61 Å².